The number of aromatic nitrogens is 1. The van der Waals surface area contributed by atoms with E-state index in [4.69, 9.17) is 0 Å². The number of nitrogens with one attached hydrogen (secondary N) is 1. The van der Waals surface area contributed by atoms with Crippen molar-refractivity contribution in [1.82, 2.24) is 9.88 Å². The molecule has 0 radical (unpaired) electrons. The van der Waals surface area contributed by atoms with E-state index in [-0.39, 0.29) is 11.5 Å². The van der Waals surface area contributed by atoms with Crippen LogP contribution in [0.1, 0.15) is 16.8 Å². The van der Waals surface area contributed by atoms with Gasteiger partial charge in [-0.3, -0.25) is 4.79 Å². The molecule has 0 saturated carbocycles. The Bertz CT molecular complexity index is 683. The van der Waals surface area contributed by atoms with E-state index >= 15 is 0 Å². The first-order chi connectivity index (χ1) is 9.99. The van der Waals surface area contributed by atoms with Crippen LogP contribution in [0.3, 0.4) is 0 Å². The van der Waals surface area contributed by atoms with Gasteiger partial charge in [-0.15, -0.1) is 0 Å². The molecule has 2 rings (SSSR count). The Balaban J connectivity index is 2.21. The first-order valence-electron chi connectivity index (χ1n) is 6.56. The van der Waals surface area contributed by atoms with Gasteiger partial charge in [0.25, 0.3) is 0 Å². The molecule has 110 valence electrons. The zero-order valence-corrected chi connectivity index (χ0v) is 12.0. The molecule has 0 atom stereocenters. The van der Waals surface area contributed by atoms with E-state index in [1.54, 1.807) is 38.4 Å². The number of hydrogen-bond donors (Lipinski definition) is 2. The molecule has 1 heterocycles. The fourth-order valence-electron chi connectivity index (χ4n) is 1.96. The minimum atomic E-state index is -0.999. The lowest BCUT2D eigenvalue weighted by Gasteiger charge is -2.12. The van der Waals surface area contributed by atoms with Crippen LogP contribution in [0.2, 0.25) is 0 Å². The fraction of sp³-hybridized carbons (Fsp3) is 0.267. The summed E-state index contributed by atoms with van der Waals surface area (Å²) >= 11 is 0. The third kappa shape index (κ3) is 3.47. The highest BCUT2D eigenvalue weighted by molar-refractivity contribution is 6.03. The molecular weight excluding hydrogens is 270 g/mol. The largest absolute Gasteiger partial charge is 0.478 e. The monoisotopic (exact) mass is 287 g/mol. The van der Waals surface area contributed by atoms with Gasteiger partial charge in [0, 0.05) is 32.4 Å². The summed E-state index contributed by atoms with van der Waals surface area (Å²) in [5.74, 6) is -0.541. The van der Waals surface area contributed by atoms with Crippen molar-refractivity contribution in [3.63, 3.8) is 0 Å². The summed E-state index contributed by atoms with van der Waals surface area (Å²) in [5, 5.41) is 12.9. The Labute approximate surface area is 122 Å². The normalized spacial score (nSPS) is 10.4. The second-order valence-electron chi connectivity index (χ2n) is 4.84. The number of rotatable bonds is 5. The van der Waals surface area contributed by atoms with Crippen molar-refractivity contribution in [1.29, 1.82) is 0 Å². The molecule has 0 spiro atoms. The summed E-state index contributed by atoms with van der Waals surface area (Å²) in [6, 6.07) is 8.56. The van der Waals surface area contributed by atoms with Gasteiger partial charge >= 0.3 is 5.97 Å². The third-order valence-electron chi connectivity index (χ3n) is 3.09. The number of benzene rings is 1. The van der Waals surface area contributed by atoms with Crippen molar-refractivity contribution < 1.29 is 14.7 Å². The van der Waals surface area contributed by atoms with Gasteiger partial charge in [0.15, 0.2) is 0 Å². The van der Waals surface area contributed by atoms with Crippen LogP contribution in [-0.2, 0) is 4.79 Å². The molecule has 0 aliphatic heterocycles. The van der Waals surface area contributed by atoms with Crippen molar-refractivity contribution in [2.75, 3.05) is 26.0 Å². The van der Waals surface area contributed by atoms with Crippen LogP contribution in [0.4, 0.5) is 5.82 Å². The highest BCUT2D eigenvalue weighted by Crippen LogP contribution is 2.20. The number of fused-ring (bicyclic) bond motifs is 1. The molecule has 0 fully saturated rings. The first-order valence-corrected chi connectivity index (χ1v) is 6.56. The van der Waals surface area contributed by atoms with Crippen LogP contribution in [0.25, 0.3) is 10.9 Å². The Morgan fingerprint density at radius 2 is 2.00 bits per heavy atom. The molecule has 1 amide bonds. The van der Waals surface area contributed by atoms with E-state index in [0.717, 1.165) is 0 Å². The summed E-state index contributed by atoms with van der Waals surface area (Å²) in [6.07, 6.45) is 0.323. The summed E-state index contributed by atoms with van der Waals surface area (Å²) < 4.78 is 0. The van der Waals surface area contributed by atoms with Crippen LogP contribution in [0.15, 0.2) is 30.3 Å². The second-order valence-corrected chi connectivity index (χ2v) is 4.84. The molecule has 0 aliphatic rings. The minimum Gasteiger partial charge on any atom is -0.478 e. The molecule has 6 nitrogen and oxygen atoms in total. The molecule has 2 aromatic rings. The maximum absolute atomic E-state index is 11.5. The summed E-state index contributed by atoms with van der Waals surface area (Å²) in [7, 11) is 3.39. The van der Waals surface area contributed by atoms with Crippen LogP contribution < -0.4 is 5.32 Å². The van der Waals surface area contributed by atoms with Gasteiger partial charge in [-0.05, 0) is 12.1 Å². The molecule has 21 heavy (non-hydrogen) atoms. The lowest BCUT2D eigenvalue weighted by Crippen LogP contribution is -2.24. The number of carboxylic acid groups (broad SMARTS) is 1. The van der Waals surface area contributed by atoms with E-state index in [1.807, 2.05) is 0 Å². The Morgan fingerprint density at radius 3 is 2.67 bits per heavy atom. The number of hydrogen-bond acceptors (Lipinski definition) is 4. The number of carboxylic acids is 1. The number of para-hydroxylation sites is 1. The smallest absolute Gasteiger partial charge is 0.336 e. The van der Waals surface area contributed by atoms with Crippen molar-refractivity contribution >= 4 is 28.6 Å². The third-order valence-corrected chi connectivity index (χ3v) is 3.09. The van der Waals surface area contributed by atoms with E-state index in [2.05, 4.69) is 10.3 Å². The average molecular weight is 287 g/mol. The van der Waals surface area contributed by atoms with Crippen molar-refractivity contribution in [2.24, 2.45) is 0 Å². The van der Waals surface area contributed by atoms with E-state index < -0.39 is 5.97 Å². The van der Waals surface area contributed by atoms with Crippen LogP contribution in [-0.4, -0.2) is 47.5 Å². The van der Waals surface area contributed by atoms with Crippen LogP contribution in [0.5, 0.6) is 0 Å². The van der Waals surface area contributed by atoms with E-state index in [0.29, 0.717) is 29.7 Å². The topological polar surface area (TPSA) is 82.5 Å². The van der Waals surface area contributed by atoms with Gasteiger partial charge < -0.3 is 15.3 Å². The van der Waals surface area contributed by atoms with Crippen molar-refractivity contribution in [3.05, 3.63) is 35.9 Å². The van der Waals surface area contributed by atoms with Gasteiger partial charge in [-0.25, -0.2) is 9.78 Å². The quantitative estimate of drug-likeness (QED) is 0.876. The average Bonchev–Trinajstić information content (AvgIpc) is 2.46. The Kier molecular flexibility index (Phi) is 4.37. The predicted molar refractivity (Wildman–Crippen MR) is 80.5 cm³/mol. The molecule has 0 unspecified atom stereocenters. The van der Waals surface area contributed by atoms with Gasteiger partial charge in [-0.1, -0.05) is 18.2 Å². The Morgan fingerprint density at radius 1 is 1.29 bits per heavy atom. The standard InChI is InChI=1S/C15H17N3O3/c1-18(2)14(19)7-8-16-13-9-11(15(20)21)10-5-3-4-6-12(10)17-13/h3-6,9H,7-8H2,1-2H3,(H,16,17)(H,20,21). The molecule has 0 bridgehead atoms. The molecule has 1 aromatic heterocycles. The number of nitrogens with zero attached hydrogens (tertiary/aromatic N) is 2. The van der Waals surface area contributed by atoms with Crippen molar-refractivity contribution in [3.8, 4) is 0 Å². The number of carbonyl (C=O) groups is 2. The predicted octanol–water partition coefficient (Wildman–Crippen LogP) is 1.82. The fourth-order valence-corrected chi connectivity index (χ4v) is 1.96. The molecule has 1 aromatic carbocycles. The Hall–Kier alpha value is -2.63. The zero-order chi connectivity index (χ0) is 15.4. The van der Waals surface area contributed by atoms with Gasteiger partial charge in [0.1, 0.15) is 5.82 Å². The number of pyridine rings is 1. The molecular formula is C15H17N3O3. The zero-order valence-electron chi connectivity index (χ0n) is 12.0. The van der Waals surface area contributed by atoms with Crippen molar-refractivity contribution in [2.45, 2.75) is 6.42 Å². The molecule has 0 saturated heterocycles. The molecule has 2 N–H and O–H groups in total. The van der Waals surface area contributed by atoms with Gasteiger partial charge in [-0.2, -0.15) is 0 Å². The number of amides is 1. The highest BCUT2D eigenvalue weighted by Gasteiger charge is 2.11. The lowest BCUT2D eigenvalue weighted by molar-refractivity contribution is -0.128. The van der Waals surface area contributed by atoms with E-state index in [1.165, 1.54) is 11.0 Å². The minimum absolute atomic E-state index is 0.00162. The van der Waals surface area contributed by atoms with Crippen LogP contribution in [0, 0.1) is 0 Å². The van der Waals surface area contributed by atoms with E-state index in [9.17, 15) is 14.7 Å². The summed E-state index contributed by atoms with van der Waals surface area (Å²) in [6.45, 7) is 0.404. The maximum atomic E-state index is 11.5. The summed E-state index contributed by atoms with van der Waals surface area (Å²) in [5.41, 5.74) is 0.806. The maximum Gasteiger partial charge on any atom is 0.336 e. The molecule has 0 aliphatic carbocycles. The molecule has 6 heteroatoms. The number of carbonyl (C=O) groups excluding carboxylic acids is 1. The number of aromatic carboxylic acids is 1. The summed E-state index contributed by atoms with van der Waals surface area (Å²) in [4.78, 5) is 28.7. The first kappa shape index (κ1) is 14.8. The van der Waals surface area contributed by atoms with Crippen LogP contribution >= 0.6 is 0 Å². The van der Waals surface area contributed by atoms with Gasteiger partial charge in [0.2, 0.25) is 5.91 Å². The highest BCUT2D eigenvalue weighted by atomic mass is 16.4. The lowest BCUT2D eigenvalue weighted by atomic mass is 10.1. The van der Waals surface area contributed by atoms with Gasteiger partial charge in [0.05, 0.1) is 11.1 Å². The number of anilines is 1. The SMILES string of the molecule is CN(C)C(=O)CCNc1cc(C(=O)O)c2ccccc2n1. The second kappa shape index (κ2) is 6.21.